The summed E-state index contributed by atoms with van der Waals surface area (Å²) in [7, 11) is 3.47. The summed E-state index contributed by atoms with van der Waals surface area (Å²) in [6.07, 6.45) is 0. The second-order valence-electron chi connectivity index (χ2n) is 8.07. The number of anilines is 2. The van der Waals surface area contributed by atoms with Crippen LogP contribution in [-0.4, -0.2) is 46.5 Å². The van der Waals surface area contributed by atoms with E-state index in [2.05, 4.69) is 10.7 Å². The molecule has 0 saturated carbocycles. The SMILES string of the molecule is CN(C)Nc1ccc(Sc2cc(N)cc(C(=O)O)c2)n(CC(=O)NCc2ccc(C(=N)N)cc2)c1=O. The van der Waals surface area contributed by atoms with Gasteiger partial charge < -0.3 is 27.3 Å². The van der Waals surface area contributed by atoms with Crippen LogP contribution >= 0.6 is 11.8 Å². The first-order chi connectivity index (χ1) is 17.0. The van der Waals surface area contributed by atoms with E-state index >= 15 is 0 Å². The number of hydrogen-bond donors (Lipinski definition) is 6. The highest BCUT2D eigenvalue weighted by molar-refractivity contribution is 7.99. The highest BCUT2D eigenvalue weighted by Crippen LogP contribution is 2.30. The number of amidine groups is 1. The molecule has 0 saturated heterocycles. The number of aromatic carboxylic acids is 1. The molecule has 0 spiro atoms. The minimum Gasteiger partial charge on any atom is -0.478 e. The van der Waals surface area contributed by atoms with E-state index in [9.17, 15) is 19.5 Å². The van der Waals surface area contributed by atoms with Gasteiger partial charge in [0.15, 0.2) is 0 Å². The normalized spacial score (nSPS) is 10.8. The van der Waals surface area contributed by atoms with Gasteiger partial charge in [0.1, 0.15) is 18.1 Å². The van der Waals surface area contributed by atoms with E-state index in [-0.39, 0.29) is 35.9 Å². The number of nitrogens with one attached hydrogen (secondary N) is 3. The fourth-order valence-corrected chi connectivity index (χ4v) is 4.27. The number of carbonyl (C=O) groups is 2. The topological polar surface area (TPSA) is 180 Å². The summed E-state index contributed by atoms with van der Waals surface area (Å²) in [5.74, 6) is -1.56. The summed E-state index contributed by atoms with van der Waals surface area (Å²) >= 11 is 1.13. The molecule has 1 heterocycles. The third-order valence-corrected chi connectivity index (χ3v) is 5.97. The predicted molar refractivity (Wildman–Crippen MR) is 139 cm³/mol. The van der Waals surface area contributed by atoms with Gasteiger partial charge in [-0.2, -0.15) is 0 Å². The Morgan fingerprint density at radius 1 is 1.08 bits per heavy atom. The minimum absolute atomic E-state index is 0.0193. The standard InChI is InChI=1S/C24H27N7O4S/c1-30(2)29-19-7-8-21(36-18-10-16(24(34)35)9-17(25)11-18)31(23(19)33)13-20(32)28-12-14-3-5-15(6-4-14)22(26)27/h3-11,29H,12-13,25H2,1-2H3,(H3,26,27)(H,28,32)(H,34,35). The summed E-state index contributed by atoms with van der Waals surface area (Å²) in [4.78, 5) is 37.9. The highest BCUT2D eigenvalue weighted by Gasteiger charge is 2.15. The van der Waals surface area contributed by atoms with E-state index in [1.807, 2.05) is 0 Å². The molecule has 3 rings (SSSR count). The molecule has 0 fully saturated rings. The van der Waals surface area contributed by atoms with Gasteiger partial charge in [-0.05, 0) is 35.9 Å². The molecule has 3 aromatic rings. The van der Waals surface area contributed by atoms with Gasteiger partial charge in [-0.15, -0.1) is 0 Å². The third kappa shape index (κ3) is 6.87. The zero-order chi connectivity index (χ0) is 26.4. The quantitative estimate of drug-likeness (QED) is 0.103. The lowest BCUT2D eigenvalue weighted by atomic mass is 10.1. The van der Waals surface area contributed by atoms with Crippen molar-refractivity contribution >= 4 is 40.8 Å². The van der Waals surface area contributed by atoms with E-state index in [0.717, 1.165) is 17.3 Å². The Hall–Kier alpha value is -4.29. The summed E-state index contributed by atoms with van der Waals surface area (Å²) in [6.45, 7) is -0.0369. The number of pyridine rings is 1. The first-order valence-electron chi connectivity index (χ1n) is 10.7. The molecule has 11 nitrogen and oxygen atoms in total. The van der Waals surface area contributed by atoms with E-state index < -0.39 is 17.4 Å². The maximum Gasteiger partial charge on any atom is 0.335 e. The second-order valence-corrected chi connectivity index (χ2v) is 9.16. The van der Waals surface area contributed by atoms with Crippen LogP contribution in [0.1, 0.15) is 21.5 Å². The number of rotatable bonds is 10. The lowest BCUT2D eigenvalue weighted by Gasteiger charge is -2.18. The molecule has 0 radical (unpaired) electrons. The molecule has 0 bridgehead atoms. The molecule has 0 aliphatic heterocycles. The average Bonchev–Trinajstić information content (AvgIpc) is 2.81. The third-order valence-electron chi connectivity index (χ3n) is 4.93. The van der Waals surface area contributed by atoms with Gasteiger partial charge in [0.25, 0.3) is 5.56 Å². The number of nitrogen functional groups attached to an aromatic ring is 2. The summed E-state index contributed by atoms with van der Waals surface area (Å²) < 4.78 is 1.31. The Balaban J connectivity index is 1.85. The molecular formula is C24H27N7O4S. The van der Waals surface area contributed by atoms with Crippen LogP contribution < -0.4 is 27.8 Å². The van der Waals surface area contributed by atoms with Crippen molar-refractivity contribution in [3.63, 3.8) is 0 Å². The van der Waals surface area contributed by atoms with Crippen molar-refractivity contribution in [2.45, 2.75) is 23.0 Å². The lowest BCUT2D eigenvalue weighted by Crippen LogP contribution is -2.35. The number of aromatic nitrogens is 1. The number of amides is 1. The van der Waals surface area contributed by atoms with Gasteiger partial charge in [-0.3, -0.25) is 19.6 Å². The molecule has 12 heteroatoms. The van der Waals surface area contributed by atoms with Crippen LogP contribution in [0.3, 0.4) is 0 Å². The van der Waals surface area contributed by atoms with Crippen molar-refractivity contribution < 1.29 is 14.7 Å². The van der Waals surface area contributed by atoms with Gasteiger partial charge in [0.2, 0.25) is 5.91 Å². The number of benzene rings is 2. The van der Waals surface area contributed by atoms with Gasteiger partial charge >= 0.3 is 5.97 Å². The number of nitrogens with two attached hydrogens (primary N) is 2. The molecule has 36 heavy (non-hydrogen) atoms. The highest BCUT2D eigenvalue weighted by atomic mass is 32.2. The van der Waals surface area contributed by atoms with E-state index in [0.29, 0.717) is 15.5 Å². The van der Waals surface area contributed by atoms with Crippen LogP contribution in [0.15, 0.2) is 69.3 Å². The number of nitrogens with zero attached hydrogens (tertiary/aromatic N) is 2. The number of carboxylic acids is 1. The molecule has 8 N–H and O–H groups in total. The smallest absolute Gasteiger partial charge is 0.335 e. The predicted octanol–water partition coefficient (Wildman–Crippen LogP) is 1.77. The van der Waals surface area contributed by atoms with Crippen molar-refractivity contribution in [1.82, 2.24) is 14.9 Å². The molecule has 1 amide bonds. The van der Waals surface area contributed by atoms with Crippen LogP contribution in [0.25, 0.3) is 0 Å². The first-order valence-corrected chi connectivity index (χ1v) is 11.5. The summed E-state index contributed by atoms with van der Waals surface area (Å²) in [5, 5.41) is 21.6. The Morgan fingerprint density at radius 2 is 1.78 bits per heavy atom. The van der Waals surface area contributed by atoms with Crippen LogP contribution in [-0.2, 0) is 17.9 Å². The van der Waals surface area contributed by atoms with Crippen LogP contribution in [0, 0.1) is 5.41 Å². The molecule has 1 aromatic heterocycles. The van der Waals surface area contributed by atoms with E-state index in [1.165, 1.54) is 16.7 Å². The first kappa shape index (κ1) is 26.3. The Morgan fingerprint density at radius 3 is 2.39 bits per heavy atom. The summed E-state index contributed by atoms with van der Waals surface area (Å²) in [6, 6.07) is 14.6. The monoisotopic (exact) mass is 509 g/mol. The van der Waals surface area contributed by atoms with E-state index in [4.69, 9.17) is 16.9 Å². The van der Waals surface area contributed by atoms with Crippen molar-refractivity contribution in [3.8, 4) is 0 Å². The van der Waals surface area contributed by atoms with Gasteiger partial charge in [-0.25, -0.2) is 9.80 Å². The van der Waals surface area contributed by atoms with Gasteiger partial charge in [-0.1, -0.05) is 36.0 Å². The molecule has 2 aromatic carbocycles. The summed E-state index contributed by atoms with van der Waals surface area (Å²) in [5.41, 5.74) is 15.8. The molecule has 0 aliphatic rings. The number of hydrogen-bond acceptors (Lipinski definition) is 8. The zero-order valence-corrected chi connectivity index (χ0v) is 20.6. The minimum atomic E-state index is -1.12. The lowest BCUT2D eigenvalue weighted by molar-refractivity contribution is -0.122. The van der Waals surface area contributed by atoms with Gasteiger partial charge in [0.05, 0.1) is 10.6 Å². The second kappa shape index (κ2) is 11.4. The molecule has 0 unspecified atom stereocenters. The van der Waals surface area contributed by atoms with Crippen LogP contribution in [0.5, 0.6) is 0 Å². The Labute approximate surface area is 211 Å². The molecular weight excluding hydrogens is 482 g/mol. The van der Waals surface area contributed by atoms with Crippen molar-refractivity contribution in [1.29, 1.82) is 5.41 Å². The number of carboxylic acid groups (broad SMARTS) is 1. The van der Waals surface area contributed by atoms with Crippen molar-refractivity contribution in [3.05, 3.63) is 81.6 Å². The maximum atomic E-state index is 13.2. The Bertz CT molecular complexity index is 1350. The van der Waals surface area contributed by atoms with Crippen LogP contribution in [0.4, 0.5) is 11.4 Å². The number of carbonyl (C=O) groups excluding carboxylic acids is 1. The maximum absolute atomic E-state index is 13.2. The zero-order valence-electron chi connectivity index (χ0n) is 19.7. The van der Waals surface area contributed by atoms with Crippen molar-refractivity contribution in [2.24, 2.45) is 5.73 Å². The fourth-order valence-electron chi connectivity index (χ4n) is 3.25. The molecule has 0 aliphatic carbocycles. The van der Waals surface area contributed by atoms with Crippen molar-refractivity contribution in [2.75, 3.05) is 25.3 Å². The van der Waals surface area contributed by atoms with Gasteiger partial charge in [0, 0.05) is 36.8 Å². The fraction of sp³-hybridized carbons (Fsp3) is 0.167. The molecule has 0 atom stereocenters. The largest absolute Gasteiger partial charge is 0.478 e. The number of hydrazine groups is 1. The average molecular weight is 510 g/mol. The molecule has 188 valence electrons. The van der Waals surface area contributed by atoms with E-state index in [1.54, 1.807) is 61.6 Å². The van der Waals surface area contributed by atoms with Crippen LogP contribution in [0.2, 0.25) is 0 Å². The Kier molecular flexibility index (Phi) is 8.35.